The Balaban J connectivity index is 2.57. The van der Waals surface area contributed by atoms with E-state index in [9.17, 15) is 4.79 Å². The summed E-state index contributed by atoms with van der Waals surface area (Å²) in [6.07, 6.45) is 1.17. The van der Waals surface area contributed by atoms with Crippen LogP contribution in [0.4, 0.5) is 5.82 Å². The molecule has 1 atom stereocenters. The number of rotatable bonds is 6. The minimum Gasteiger partial charge on any atom is -0.382 e. The largest absolute Gasteiger partial charge is 0.382 e. The summed E-state index contributed by atoms with van der Waals surface area (Å²) in [5.41, 5.74) is 5.81. The molecule has 0 fully saturated rings. The molecule has 0 spiro atoms. The molecular formula is C11H16ClN3O3. The summed E-state index contributed by atoms with van der Waals surface area (Å²) in [7, 11) is 3.12. The Bertz CT molecular complexity index is 415. The van der Waals surface area contributed by atoms with Gasteiger partial charge in [-0.3, -0.25) is 4.79 Å². The minimum absolute atomic E-state index is 0.197. The van der Waals surface area contributed by atoms with Gasteiger partial charge >= 0.3 is 0 Å². The van der Waals surface area contributed by atoms with Gasteiger partial charge in [0.25, 0.3) is 5.91 Å². The Morgan fingerprint density at radius 2 is 2.33 bits per heavy atom. The number of halogens is 1. The molecule has 6 nitrogen and oxygen atoms in total. The highest BCUT2D eigenvalue weighted by Gasteiger charge is 2.12. The third-order valence-corrected chi connectivity index (χ3v) is 2.61. The first kappa shape index (κ1) is 14.7. The second kappa shape index (κ2) is 7.15. The van der Waals surface area contributed by atoms with Gasteiger partial charge < -0.3 is 20.5 Å². The molecule has 0 aliphatic carbocycles. The number of hydrogen-bond donors (Lipinski definition) is 2. The van der Waals surface area contributed by atoms with Gasteiger partial charge in [0.2, 0.25) is 0 Å². The average Bonchev–Trinajstić information content (AvgIpc) is 2.37. The lowest BCUT2D eigenvalue weighted by atomic mass is 10.2. The van der Waals surface area contributed by atoms with Gasteiger partial charge in [-0.05, 0) is 6.07 Å². The lowest BCUT2D eigenvalue weighted by molar-refractivity contribution is 0.0285. The number of nitrogens with two attached hydrogens (primary N) is 1. The zero-order chi connectivity index (χ0) is 13.5. The number of aromatic nitrogens is 1. The summed E-state index contributed by atoms with van der Waals surface area (Å²) in [5, 5.41) is 2.95. The van der Waals surface area contributed by atoms with E-state index in [-0.39, 0.29) is 22.9 Å². The Hall–Kier alpha value is -1.37. The van der Waals surface area contributed by atoms with Crippen molar-refractivity contribution in [1.29, 1.82) is 0 Å². The van der Waals surface area contributed by atoms with Crippen molar-refractivity contribution in [3.05, 3.63) is 22.8 Å². The highest BCUT2D eigenvalue weighted by Crippen LogP contribution is 2.16. The van der Waals surface area contributed by atoms with E-state index in [4.69, 9.17) is 26.8 Å². The number of ether oxygens (including phenoxy) is 2. The van der Waals surface area contributed by atoms with E-state index >= 15 is 0 Å². The van der Waals surface area contributed by atoms with Crippen LogP contribution in [0.2, 0.25) is 5.02 Å². The van der Waals surface area contributed by atoms with Crippen LogP contribution in [0.1, 0.15) is 10.4 Å². The third-order valence-electron chi connectivity index (χ3n) is 2.31. The van der Waals surface area contributed by atoms with E-state index in [0.29, 0.717) is 18.7 Å². The van der Waals surface area contributed by atoms with Gasteiger partial charge in [-0.25, -0.2) is 4.98 Å². The molecule has 0 saturated carbocycles. The first-order valence-electron chi connectivity index (χ1n) is 5.29. The molecule has 1 unspecified atom stereocenters. The maximum Gasteiger partial charge on any atom is 0.252 e. The van der Waals surface area contributed by atoms with Gasteiger partial charge in [0, 0.05) is 27.0 Å². The van der Waals surface area contributed by atoms with E-state index in [1.54, 1.807) is 14.2 Å². The van der Waals surface area contributed by atoms with Crippen LogP contribution in [-0.2, 0) is 9.47 Å². The molecule has 1 aromatic rings. The van der Waals surface area contributed by atoms with E-state index in [2.05, 4.69) is 10.3 Å². The molecule has 18 heavy (non-hydrogen) atoms. The molecule has 1 aromatic heterocycles. The summed E-state index contributed by atoms with van der Waals surface area (Å²) >= 11 is 5.79. The molecule has 0 aliphatic rings. The fourth-order valence-corrected chi connectivity index (χ4v) is 1.44. The molecule has 0 aromatic carbocycles. The first-order valence-corrected chi connectivity index (χ1v) is 5.67. The minimum atomic E-state index is -0.289. The Morgan fingerprint density at radius 3 is 2.89 bits per heavy atom. The van der Waals surface area contributed by atoms with Crippen LogP contribution in [0.25, 0.3) is 0 Å². The number of carbonyl (C=O) groups excluding carboxylic acids is 1. The molecule has 100 valence electrons. The molecular weight excluding hydrogens is 258 g/mol. The Morgan fingerprint density at radius 1 is 1.61 bits per heavy atom. The van der Waals surface area contributed by atoms with Gasteiger partial charge in [-0.1, -0.05) is 11.6 Å². The van der Waals surface area contributed by atoms with E-state index in [1.165, 1.54) is 12.3 Å². The van der Waals surface area contributed by atoms with Crippen molar-refractivity contribution in [3.8, 4) is 0 Å². The zero-order valence-corrected chi connectivity index (χ0v) is 11.0. The van der Waals surface area contributed by atoms with Crippen LogP contribution in [0.5, 0.6) is 0 Å². The Kier molecular flexibility index (Phi) is 5.84. The molecule has 3 N–H and O–H groups in total. The van der Waals surface area contributed by atoms with E-state index < -0.39 is 0 Å². The average molecular weight is 274 g/mol. The van der Waals surface area contributed by atoms with Gasteiger partial charge in [0.05, 0.1) is 23.3 Å². The van der Waals surface area contributed by atoms with Crippen molar-refractivity contribution < 1.29 is 14.3 Å². The summed E-state index contributed by atoms with van der Waals surface area (Å²) in [5.74, 6) is -0.0927. The van der Waals surface area contributed by atoms with Crippen LogP contribution in [0.3, 0.4) is 0 Å². The molecule has 7 heteroatoms. The molecule has 1 rings (SSSR count). The number of anilines is 1. The summed E-state index contributed by atoms with van der Waals surface area (Å²) < 4.78 is 10.1. The van der Waals surface area contributed by atoms with Gasteiger partial charge in [0.1, 0.15) is 5.82 Å². The first-order chi connectivity index (χ1) is 8.58. The van der Waals surface area contributed by atoms with Crippen LogP contribution in [-0.4, -0.2) is 44.4 Å². The third kappa shape index (κ3) is 4.14. The second-order valence-corrected chi connectivity index (χ2v) is 4.02. The molecule has 1 heterocycles. The number of pyridine rings is 1. The molecule has 0 bridgehead atoms. The Labute approximate surface area is 110 Å². The maximum atomic E-state index is 11.8. The predicted molar refractivity (Wildman–Crippen MR) is 68.7 cm³/mol. The van der Waals surface area contributed by atoms with Gasteiger partial charge in [-0.2, -0.15) is 0 Å². The number of nitrogens with zero attached hydrogens (tertiary/aromatic N) is 1. The topological polar surface area (TPSA) is 86.5 Å². The standard InChI is InChI=1S/C11H16ClN3O3/c1-17-6-8(18-2)5-15-11(16)7-3-9(12)10(13)14-4-7/h3-4,8H,5-6H2,1-2H3,(H2,13,14)(H,15,16). The normalized spacial score (nSPS) is 12.2. The highest BCUT2D eigenvalue weighted by atomic mass is 35.5. The fraction of sp³-hybridized carbons (Fsp3) is 0.455. The van der Waals surface area contributed by atoms with Crippen LogP contribution < -0.4 is 11.1 Å². The van der Waals surface area contributed by atoms with Crippen LogP contribution >= 0.6 is 11.6 Å². The summed E-state index contributed by atoms with van der Waals surface area (Å²) in [4.78, 5) is 15.6. The number of hydrogen-bond acceptors (Lipinski definition) is 5. The summed E-state index contributed by atoms with van der Waals surface area (Å²) in [6.45, 7) is 0.739. The monoisotopic (exact) mass is 273 g/mol. The number of carbonyl (C=O) groups is 1. The van der Waals surface area contributed by atoms with Crippen LogP contribution in [0, 0.1) is 0 Å². The molecule has 0 saturated heterocycles. The van der Waals surface area contributed by atoms with Crippen molar-refractivity contribution in [3.63, 3.8) is 0 Å². The lowest BCUT2D eigenvalue weighted by Crippen LogP contribution is -2.35. The van der Waals surface area contributed by atoms with E-state index in [1.807, 2.05) is 0 Å². The van der Waals surface area contributed by atoms with Crippen molar-refractivity contribution in [1.82, 2.24) is 10.3 Å². The second-order valence-electron chi connectivity index (χ2n) is 3.61. The van der Waals surface area contributed by atoms with Gasteiger partial charge in [-0.15, -0.1) is 0 Å². The van der Waals surface area contributed by atoms with Gasteiger partial charge in [0.15, 0.2) is 0 Å². The molecule has 0 radical (unpaired) electrons. The van der Waals surface area contributed by atoms with Crippen molar-refractivity contribution in [2.24, 2.45) is 0 Å². The van der Waals surface area contributed by atoms with Crippen molar-refractivity contribution in [2.75, 3.05) is 33.1 Å². The quantitative estimate of drug-likeness (QED) is 0.797. The zero-order valence-electron chi connectivity index (χ0n) is 10.3. The SMILES string of the molecule is COCC(CNC(=O)c1cnc(N)c(Cl)c1)OC. The van der Waals surface area contributed by atoms with E-state index in [0.717, 1.165) is 0 Å². The number of nitrogens with one attached hydrogen (secondary N) is 1. The van der Waals surface area contributed by atoms with Crippen molar-refractivity contribution >= 4 is 23.3 Å². The lowest BCUT2D eigenvalue weighted by Gasteiger charge is -2.15. The molecule has 0 aliphatic heterocycles. The predicted octanol–water partition coefficient (Wildman–Crippen LogP) is 0.708. The number of nitrogen functional groups attached to an aromatic ring is 1. The highest BCUT2D eigenvalue weighted by molar-refractivity contribution is 6.33. The maximum absolute atomic E-state index is 11.8. The van der Waals surface area contributed by atoms with Crippen molar-refractivity contribution in [2.45, 2.75) is 6.10 Å². The number of methoxy groups -OCH3 is 2. The number of amides is 1. The fourth-order valence-electron chi connectivity index (χ4n) is 1.28. The van der Waals surface area contributed by atoms with Crippen LogP contribution in [0.15, 0.2) is 12.3 Å². The summed E-state index contributed by atoms with van der Waals surface area (Å²) in [6, 6.07) is 1.47. The smallest absolute Gasteiger partial charge is 0.252 e. The molecule has 1 amide bonds.